The average Bonchev–Trinajstić information content (AvgIpc) is 1.72. The summed E-state index contributed by atoms with van der Waals surface area (Å²) in [5.74, 6) is -1.28. The molecule has 10 N–H and O–H groups in total. The molecule has 0 aliphatic carbocycles. The van der Waals surface area contributed by atoms with Crippen LogP contribution in [-0.2, 0) is 11.3 Å². The van der Waals surface area contributed by atoms with Crippen LogP contribution in [0, 0.1) is 20.8 Å². The van der Waals surface area contributed by atoms with E-state index in [0.717, 1.165) is 33.3 Å². The van der Waals surface area contributed by atoms with Crippen LogP contribution in [0.25, 0.3) is 71.9 Å². The Hall–Kier alpha value is -10.6. The third kappa shape index (κ3) is 15.1. The Labute approximate surface area is 579 Å². The molecular formula is C69H62Cl2N14O8S4. The fourth-order valence-electron chi connectivity index (χ4n) is 9.82. The smallest absolute Gasteiger partial charge is 0.359 e. The molecule has 0 bridgehead atoms. The Bertz CT molecular complexity index is 5410. The van der Waals surface area contributed by atoms with E-state index in [1.807, 2.05) is 108 Å². The number of aryl methyl sites for hydroxylation is 3. The van der Waals surface area contributed by atoms with Crippen LogP contribution in [0.4, 0.5) is 20.0 Å². The number of nitrogens with zero attached hydrogens (tertiary/aromatic N) is 8. The van der Waals surface area contributed by atoms with E-state index in [2.05, 4.69) is 31.0 Å². The number of ether oxygens (including phenoxy) is 1. The molecule has 0 unspecified atom stereocenters. The molecule has 22 nitrogen and oxygen atoms in total. The van der Waals surface area contributed by atoms with Crippen molar-refractivity contribution >= 4 is 156 Å². The minimum atomic E-state index is -0.573. The van der Waals surface area contributed by atoms with Gasteiger partial charge in [0.15, 0.2) is 17.1 Å². The third-order valence-electron chi connectivity index (χ3n) is 14.7. The summed E-state index contributed by atoms with van der Waals surface area (Å²) in [6.45, 7) is 13.8. The van der Waals surface area contributed by atoms with Gasteiger partial charge in [0.05, 0.1) is 76.6 Å². The molecule has 13 rings (SSSR count). The first-order valence-electron chi connectivity index (χ1n) is 29.8. The first kappa shape index (κ1) is 69.2. The van der Waals surface area contributed by atoms with Crippen molar-refractivity contribution in [1.82, 2.24) is 49.8 Å². The molecule has 28 heteroatoms. The van der Waals surface area contributed by atoms with Crippen molar-refractivity contribution in [2.24, 2.45) is 0 Å². The van der Waals surface area contributed by atoms with Gasteiger partial charge in [-0.25, -0.2) is 4.79 Å². The van der Waals surface area contributed by atoms with Crippen LogP contribution in [0.3, 0.4) is 0 Å². The summed E-state index contributed by atoms with van der Waals surface area (Å²) in [4.78, 5) is 88.7. The minimum absolute atomic E-state index is 0.0370. The number of benzene rings is 5. The molecule has 8 aromatic heterocycles. The number of rotatable bonds is 12. The lowest BCUT2D eigenvalue weighted by molar-refractivity contribution is 0.0519. The number of hydrogen-bond acceptors (Lipinski definition) is 20. The topological polar surface area (TPSA) is 328 Å². The lowest BCUT2D eigenvalue weighted by atomic mass is 10.1. The van der Waals surface area contributed by atoms with Crippen molar-refractivity contribution < 1.29 is 19.1 Å². The minimum Gasteiger partial charge on any atom is -0.461 e. The number of halogens is 2. The summed E-state index contributed by atoms with van der Waals surface area (Å²) < 4.78 is 10.0. The molecule has 0 atom stereocenters. The van der Waals surface area contributed by atoms with Crippen LogP contribution in [-0.4, -0.2) is 69.6 Å². The molecule has 0 spiro atoms. The summed E-state index contributed by atoms with van der Waals surface area (Å²) in [7, 11) is 0. The zero-order valence-corrected chi connectivity index (χ0v) is 57.8. The van der Waals surface area contributed by atoms with Crippen LogP contribution >= 0.6 is 68.5 Å². The number of thiophene rings is 4. The monoisotopic (exact) mass is 1410 g/mol. The van der Waals surface area contributed by atoms with Gasteiger partial charge in [-0.2, -0.15) is 39.1 Å². The third-order valence-corrected chi connectivity index (χ3v) is 18.4. The predicted molar refractivity (Wildman–Crippen MR) is 394 cm³/mol. The molecule has 494 valence electrons. The quantitative estimate of drug-likeness (QED) is 0.0619. The second-order valence-corrected chi connectivity index (χ2v) is 26.5. The van der Waals surface area contributed by atoms with E-state index in [9.17, 15) is 33.6 Å². The van der Waals surface area contributed by atoms with Crippen molar-refractivity contribution in [3.63, 3.8) is 0 Å². The molecule has 0 saturated heterocycles. The summed E-state index contributed by atoms with van der Waals surface area (Å²) in [5, 5.41) is 36.2. The highest BCUT2D eigenvalue weighted by atomic mass is 35.5. The van der Waals surface area contributed by atoms with Crippen LogP contribution in [0.5, 0.6) is 0 Å². The maximum Gasteiger partial charge on any atom is 0.359 e. The van der Waals surface area contributed by atoms with Gasteiger partial charge in [-0.05, 0) is 133 Å². The highest BCUT2D eigenvalue weighted by Gasteiger charge is 2.25. The normalized spacial score (nSPS) is 11.1. The highest BCUT2D eigenvalue weighted by Crippen LogP contribution is 2.32. The molecule has 8 heterocycles. The molecule has 2 amide bonds. The first-order valence-corrected chi connectivity index (χ1v) is 34.0. The van der Waals surface area contributed by atoms with Crippen molar-refractivity contribution in [1.29, 1.82) is 0 Å². The van der Waals surface area contributed by atoms with Gasteiger partial charge >= 0.3 is 5.97 Å². The van der Waals surface area contributed by atoms with Crippen molar-refractivity contribution in [3.8, 4) is 22.7 Å². The van der Waals surface area contributed by atoms with E-state index in [1.54, 1.807) is 95.9 Å². The van der Waals surface area contributed by atoms with E-state index in [0.29, 0.717) is 97.0 Å². The maximum absolute atomic E-state index is 12.9. The van der Waals surface area contributed by atoms with Gasteiger partial charge in [0, 0.05) is 65.7 Å². The van der Waals surface area contributed by atoms with Gasteiger partial charge in [-0.15, -0.1) is 45.3 Å². The highest BCUT2D eigenvalue weighted by molar-refractivity contribution is 7.16. The number of aromatic nitrogens is 8. The summed E-state index contributed by atoms with van der Waals surface area (Å²) in [5.41, 5.74) is 30.3. The zero-order valence-electron chi connectivity index (χ0n) is 53.0. The van der Waals surface area contributed by atoms with Gasteiger partial charge in [0.1, 0.15) is 0 Å². The number of amides is 2. The second kappa shape index (κ2) is 30.0. The number of nitrogen functional groups attached to an aromatic ring is 4. The van der Waals surface area contributed by atoms with E-state index in [4.69, 9.17) is 50.9 Å². The van der Waals surface area contributed by atoms with Crippen LogP contribution in [0.15, 0.2) is 168 Å². The molecule has 0 aliphatic heterocycles. The lowest BCUT2D eigenvalue weighted by Gasteiger charge is -2.11. The van der Waals surface area contributed by atoms with Crippen LogP contribution in [0.2, 0.25) is 10.0 Å². The molecular weight excluding hydrogens is 1350 g/mol. The Kier molecular flexibility index (Phi) is 21.4. The molecule has 5 aromatic carbocycles. The van der Waals surface area contributed by atoms with Crippen molar-refractivity contribution in [3.05, 3.63) is 245 Å². The maximum atomic E-state index is 12.9. The van der Waals surface area contributed by atoms with E-state index in [-0.39, 0.29) is 63.8 Å². The number of carbonyl (C=O) groups is 3. The number of carbonyl (C=O) groups excluding carboxylic acids is 3. The number of anilines is 4. The average molecular weight is 1410 g/mol. The number of fused-ring (bicyclic) bond motifs is 4. The molecule has 13 aromatic rings. The predicted octanol–water partition coefficient (Wildman–Crippen LogP) is 12.6. The van der Waals surface area contributed by atoms with Gasteiger partial charge in [0.25, 0.3) is 34.1 Å². The van der Waals surface area contributed by atoms with Crippen molar-refractivity contribution in [2.75, 3.05) is 29.5 Å². The number of hydrogen-bond donors (Lipinski definition) is 6. The van der Waals surface area contributed by atoms with E-state index in [1.165, 1.54) is 64.1 Å². The number of nitrogens with two attached hydrogens (primary N) is 4. The summed E-state index contributed by atoms with van der Waals surface area (Å²) in [6, 6.07) is 36.1. The molecule has 0 saturated carbocycles. The molecule has 0 aliphatic rings. The lowest BCUT2D eigenvalue weighted by Crippen LogP contribution is -2.33. The van der Waals surface area contributed by atoms with Gasteiger partial charge < -0.3 is 38.3 Å². The molecule has 97 heavy (non-hydrogen) atoms. The SMILES string of the molecule is C/C=C/c1nn(-c2ccc(Cl)cc2)c(=O)c2c(N)scc12.CCOC(=O)c1nn(-c2ccc(C)cc2)c(=O)c2c(N)scc12.Cc1ccc(-n2nc(C(=O)NC(C)C)c3csc(N)c3c2=O)cc1.Cc1ccc(CNC(=O)c2nn(-c3ccc(Cl)cc3)c(=O)c3c(N)scc23)cc1. The van der Waals surface area contributed by atoms with Gasteiger partial charge in [-0.3, -0.25) is 28.8 Å². The van der Waals surface area contributed by atoms with Crippen molar-refractivity contribution in [2.45, 2.75) is 61.1 Å². The fraction of sp³-hybridized carbons (Fsp3) is 0.145. The largest absolute Gasteiger partial charge is 0.461 e. The molecule has 0 fully saturated rings. The summed E-state index contributed by atoms with van der Waals surface area (Å²) in [6.07, 6.45) is 3.74. The van der Waals surface area contributed by atoms with Gasteiger partial charge in [0.2, 0.25) is 0 Å². The van der Waals surface area contributed by atoms with E-state index >= 15 is 0 Å². The first-order chi connectivity index (χ1) is 46.5. The molecule has 0 radical (unpaired) electrons. The van der Waals surface area contributed by atoms with E-state index < -0.39 is 5.97 Å². The Balaban J connectivity index is 0.000000141. The van der Waals surface area contributed by atoms with Crippen LogP contribution < -0.4 is 55.8 Å². The number of esters is 1. The summed E-state index contributed by atoms with van der Waals surface area (Å²) >= 11 is 16.8. The standard InChI is InChI=1S/C21H17ClN4O2S.C17H18N4O2S.C16H15N3O3S.C15H12ClN3OS/c1-12-2-4-13(5-3-12)10-24-20(27)18-16-11-29-19(23)17(16)21(28)26(25-18)15-8-6-14(22)7-9-15;1-9(2)19-16(22)14-12-8-24-15(18)13(12)17(23)21(20-14)11-6-4-10(3)5-7-11;1-3-22-16(21)13-11-8-23-14(17)12(11)15(20)19(18-13)10-6-4-9(2)5-7-10;1-2-3-12-11-8-21-14(17)13(11)15(20)19(18-12)10-6-4-9(16)5-7-10/h2-9,11H,10,23H2,1H3,(H,24,27);4-9H,18H2,1-3H3,(H,19,22);4-8H,3,17H2,1-2H3;2-8H,17H2,1H3/b;;;3-2+. The fourth-order valence-corrected chi connectivity index (χ4v) is 13.2. The zero-order chi connectivity index (χ0) is 69.5. The Morgan fingerprint density at radius 1 is 0.495 bits per heavy atom. The van der Waals surface area contributed by atoms with Gasteiger partial charge in [-0.1, -0.05) is 94.5 Å². The Morgan fingerprint density at radius 3 is 1.21 bits per heavy atom. The Morgan fingerprint density at radius 2 is 0.825 bits per heavy atom. The second-order valence-electron chi connectivity index (χ2n) is 22.0. The van der Waals surface area contributed by atoms with Crippen LogP contribution in [0.1, 0.15) is 87.1 Å². The number of allylic oxidation sites excluding steroid dienone is 1. The number of nitrogens with one attached hydrogen (secondary N) is 2.